The molecule has 2 nitrogen and oxygen atoms in total. The van der Waals surface area contributed by atoms with Crippen LogP contribution in [0.1, 0.15) is 31.2 Å². The molecule has 0 N–H and O–H groups in total. The fourth-order valence-electron chi connectivity index (χ4n) is 2.14. The Labute approximate surface area is 104 Å². The second-order valence-corrected chi connectivity index (χ2v) is 5.01. The molecule has 0 saturated heterocycles. The van der Waals surface area contributed by atoms with Crippen molar-refractivity contribution in [2.24, 2.45) is 5.92 Å². The van der Waals surface area contributed by atoms with Gasteiger partial charge in [-0.05, 0) is 43.4 Å². The summed E-state index contributed by atoms with van der Waals surface area (Å²) < 4.78 is 6.15. The molecule has 0 unspecified atom stereocenters. The number of rotatable bonds is 3. The molecule has 0 amide bonds. The summed E-state index contributed by atoms with van der Waals surface area (Å²) in [6.07, 6.45) is 2.05. The summed E-state index contributed by atoms with van der Waals surface area (Å²) in [4.78, 5) is 11.6. The number of ether oxygens (including phenoxy) is 1. The topological polar surface area (TPSA) is 26.3 Å². The van der Waals surface area contributed by atoms with Crippen LogP contribution in [0.25, 0.3) is 0 Å². The molecule has 3 heteroatoms. The van der Waals surface area contributed by atoms with E-state index in [0.717, 1.165) is 17.3 Å². The molecule has 86 valence electrons. The smallest absolute Gasteiger partial charge is 0.309 e. The van der Waals surface area contributed by atoms with Crippen LogP contribution >= 0.6 is 15.9 Å². The van der Waals surface area contributed by atoms with Crippen molar-refractivity contribution in [1.29, 1.82) is 0 Å². The lowest BCUT2D eigenvalue weighted by atomic mass is 9.70. The maximum Gasteiger partial charge on any atom is 0.309 e. The lowest BCUT2D eigenvalue weighted by Crippen LogP contribution is -2.32. The fraction of sp³-hybridized carbons (Fsp3) is 0.462. The van der Waals surface area contributed by atoms with Gasteiger partial charge in [-0.2, -0.15) is 0 Å². The zero-order valence-corrected chi connectivity index (χ0v) is 10.9. The average molecular weight is 283 g/mol. The van der Waals surface area contributed by atoms with Gasteiger partial charge in [-0.1, -0.05) is 28.1 Å². The monoisotopic (exact) mass is 282 g/mol. The minimum atomic E-state index is -0.0401. The molecule has 0 spiro atoms. The maximum absolute atomic E-state index is 11.6. The molecule has 1 aromatic carbocycles. The van der Waals surface area contributed by atoms with Gasteiger partial charge in [-0.3, -0.25) is 4.79 Å². The first-order valence-corrected chi connectivity index (χ1v) is 6.43. The average Bonchev–Trinajstić information content (AvgIpc) is 2.20. The van der Waals surface area contributed by atoms with Gasteiger partial charge in [0.05, 0.1) is 12.5 Å². The third-order valence-corrected chi connectivity index (χ3v) is 3.69. The quantitative estimate of drug-likeness (QED) is 0.793. The van der Waals surface area contributed by atoms with Gasteiger partial charge in [0.25, 0.3) is 0 Å². The van der Waals surface area contributed by atoms with Crippen molar-refractivity contribution >= 4 is 21.9 Å². The van der Waals surface area contributed by atoms with E-state index in [1.54, 1.807) is 0 Å². The summed E-state index contributed by atoms with van der Waals surface area (Å²) in [6, 6.07) is 8.21. The van der Waals surface area contributed by atoms with E-state index in [2.05, 4.69) is 28.1 Å². The van der Waals surface area contributed by atoms with Gasteiger partial charge in [-0.15, -0.1) is 0 Å². The molecular weight excluding hydrogens is 268 g/mol. The zero-order chi connectivity index (χ0) is 11.5. The number of carbonyl (C=O) groups is 1. The lowest BCUT2D eigenvalue weighted by molar-refractivity contribution is -0.152. The number of benzene rings is 1. The summed E-state index contributed by atoms with van der Waals surface area (Å²) in [5.74, 6) is 0.384. The van der Waals surface area contributed by atoms with Crippen molar-refractivity contribution in [1.82, 2.24) is 0 Å². The number of carbonyl (C=O) groups excluding carboxylic acids is 1. The van der Waals surface area contributed by atoms with Crippen molar-refractivity contribution in [3.63, 3.8) is 0 Å². The summed E-state index contributed by atoms with van der Waals surface area (Å²) >= 11 is 3.41. The van der Waals surface area contributed by atoms with Gasteiger partial charge in [0.15, 0.2) is 0 Å². The molecule has 1 fully saturated rings. The van der Waals surface area contributed by atoms with E-state index in [4.69, 9.17) is 4.74 Å². The van der Waals surface area contributed by atoms with Crippen LogP contribution in [0, 0.1) is 5.92 Å². The molecule has 1 aliphatic rings. The van der Waals surface area contributed by atoms with Gasteiger partial charge in [0, 0.05) is 4.47 Å². The van der Waals surface area contributed by atoms with Gasteiger partial charge in [0.2, 0.25) is 0 Å². The molecule has 1 aromatic rings. The van der Waals surface area contributed by atoms with Crippen molar-refractivity contribution < 1.29 is 9.53 Å². The highest BCUT2D eigenvalue weighted by Gasteiger charge is 2.38. The number of halogens is 1. The summed E-state index contributed by atoms with van der Waals surface area (Å²) in [5, 5.41) is 0. The van der Waals surface area contributed by atoms with Crippen LogP contribution in [0.15, 0.2) is 28.7 Å². The highest BCUT2D eigenvalue weighted by Crippen LogP contribution is 2.43. The largest absolute Gasteiger partial charge is 0.466 e. The first-order valence-electron chi connectivity index (χ1n) is 5.64. The molecule has 0 radical (unpaired) electrons. The van der Waals surface area contributed by atoms with E-state index in [-0.39, 0.29) is 11.9 Å². The molecule has 16 heavy (non-hydrogen) atoms. The summed E-state index contributed by atoms with van der Waals surface area (Å²) in [6.45, 7) is 2.33. The van der Waals surface area contributed by atoms with Gasteiger partial charge >= 0.3 is 5.97 Å². The highest BCUT2D eigenvalue weighted by molar-refractivity contribution is 9.10. The summed E-state index contributed by atoms with van der Waals surface area (Å²) in [5.41, 5.74) is 1.24. The third kappa shape index (κ3) is 2.29. The van der Waals surface area contributed by atoms with Crippen molar-refractivity contribution in [3.05, 3.63) is 34.3 Å². The minimum absolute atomic E-state index is 0.0401. The molecule has 2 rings (SSSR count). The Bertz CT molecular complexity index is 372. The molecule has 1 saturated carbocycles. The van der Waals surface area contributed by atoms with Crippen molar-refractivity contribution in [2.75, 3.05) is 6.61 Å². The first kappa shape index (κ1) is 11.6. The molecule has 0 aromatic heterocycles. The predicted molar refractivity (Wildman–Crippen MR) is 66.2 cm³/mol. The van der Waals surface area contributed by atoms with Crippen LogP contribution in [0.3, 0.4) is 0 Å². The maximum atomic E-state index is 11.6. The summed E-state index contributed by atoms with van der Waals surface area (Å²) in [7, 11) is 0. The second-order valence-electron chi connectivity index (χ2n) is 4.09. The molecule has 0 bridgehead atoms. The van der Waals surface area contributed by atoms with E-state index >= 15 is 0 Å². The Morgan fingerprint density at radius 1 is 1.38 bits per heavy atom. The Morgan fingerprint density at radius 3 is 2.56 bits per heavy atom. The van der Waals surface area contributed by atoms with Crippen LogP contribution < -0.4 is 0 Å². The predicted octanol–water partition coefficient (Wildman–Crippen LogP) is 3.51. The van der Waals surface area contributed by atoms with E-state index in [1.807, 2.05) is 19.1 Å². The van der Waals surface area contributed by atoms with Crippen LogP contribution in [-0.2, 0) is 9.53 Å². The fourth-order valence-corrected chi connectivity index (χ4v) is 2.40. The van der Waals surface area contributed by atoms with Gasteiger partial charge < -0.3 is 4.74 Å². The standard InChI is InChI=1S/C13H15BrO2/c1-2-16-13(15)12-8-7-11(12)9-3-5-10(14)6-4-9/h3-6,11-12H,2,7-8H2,1H3/t11-,12+/m0/s1. The second kappa shape index (κ2) is 5.00. The van der Waals surface area contributed by atoms with Crippen LogP contribution in [0.4, 0.5) is 0 Å². The van der Waals surface area contributed by atoms with E-state index in [1.165, 1.54) is 5.56 Å². The Kier molecular flexibility index (Phi) is 3.64. The molecule has 2 atom stereocenters. The van der Waals surface area contributed by atoms with E-state index in [0.29, 0.717) is 12.5 Å². The van der Waals surface area contributed by atoms with Crippen molar-refractivity contribution in [2.45, 2.75) is 25.7 Å². The molecular formula is C13H15BrO2. The lowest BCUT2D eigenvalue weighted by Gasteiger charge is -2.35. The Balaban J connectivity index is 2.05. The number of esters is 1. The van der Waals surface area contributed by atoms with Crippen molar-refractivity contribution in [3.8, 4) is 0 Å². The third-order valence-electron chi connectivity index (χ3n) is 3.16. The minimum Gasteiger partial charge on any atom is -0.466 e. The highest BCUT2D eigenvalue weighted by atomic mass is 79.9. The SMILES string of the molecule is CCOC(=O)[C@@H]1CC[C@H]1c1ccc(Br)cc1. The molecule has 0 aliphatic heterocycles. The van der Waals surface area contributed by atoms with Crippen LogP contribution in [0.5, 0.6) is 0 Å². The molecule has 1 aliphatic carbocycles. The number of hydrogen-bond donors (Lipinski definition) is 0. The van der Waals surface area contributed by atoms with Crippen LogP contribution in [0.2, 0.25) is 0 Å². The van der Waals surface area contributed by atoms with Gasteiger partial charge in [0.1, 0.15) is 0 Å². The zero-order valence-electron chi connectivity index (χ0n) is 9.28. The van der Waals surface area contributed by atoms with E-state index < -0.39 is 0 Å². The number of hydrogen-bond acceptors (Lipinski definition) is 2. The molecule has 0 heterocycles. The first-order chi connectivity index (χ1) is 7.72. The Morgan fingerprint density at radius 2 is 2.06 bits per heavy atom. The van der Waals surface area contributed by atoms with Crippen LogP contribution in [-0.4, -0.2) is 12.6 Å². The normalized spacial score (nSPS) is 23.6. The van der Waals surface area contributed by atoms with Gasteiger partial charge in [-0.25, -0.2) is 0 Å². The Hall–Kier alpha value is -0.830. The van der Waals surface area contributed by atoms with E-state index in [9.17, 15) is 4.79 Å².